The molecule has 1 saturated heterocycles. The Labute approximate surface area is 101 Å². The molecule has 96 valence electrons. The lowest BCUT2D eigenvalue weighted by Crippen LogP contribution is -2.56. The summed E-state index contributed by atoms with van der Waals surface area (Å²) in [5, 5.41) is 12.0. The molecule has 6 nitrogen and oxygen atoms in total. The van der Waals surface area contributed by atoms with Gasteiger partial charge in [-0.25, -0.2) is 4.79 Å². The average molecular weight is 241 g/mol. The molecule has 1 amide bonds. The Morgan fingerprint density at radius 1 is 1.53 bits per heavy atom. The van der Waals surface area contributed by atoms with Gasteiger partial charge in [-0.05, 0) is 20.2 Å². The largest absolute Gasteiger partial charge is 0.465 e. The predicted octanol–water partition coefficient (Wildman–Crippen LogP) is -0.375. The zero-order valence-electron chi connectivity index (χ0n) is 10.2. The lowest BCUT2D eigenvalue weighted by molar-refractivity contribution is -0.119. The van der Waals surface area contributed by atoms with Crippen LogP contribution in [0.1, 0.15) is 0 Å². The van der Waals surface area contributed by atoms with Gasteiger partial charge in [0.15, 0.2) is 5.78 Å². The van der Waals surface area contributed by atoms with Crippen molar-refractivity contribution in [3.8, 4) is 0 Å². The van der Waals surface area contributed by atoms with Gasteiger partial charge in [-0.2, -0.15) is 0 Å². The Bertz CT molecular complexity index is 315. The second-order valence-electron chi connectivity index (χ2n) is 4.26. The number of hydrogen-bond donors (Lipinski definition) is 2. The number of ketones is 1. The number of carbonyl (C=O) groups is 2. The van der Waals surface area contributed by atoms with Crippen molar-refractivity contribution in [1.29, 1.82) is 0 Å². The van der Waals surface area contributed by atoms with E-state index in [9.17, 15) is 9.59 Å². The molecular weight excluding hydrogens is 222 g/mol. The maximum Gasteiger partial charge on any atom is 0.408 e. The van der Waals surface area contributed by atoms with Crippen LogP contribution in [0.3, 0.4) is 0 Å². The first-order chi connectivity index (χ1) is 8.02. The SMILES string of the molecule is CN(C)C/C=C/C(=O)C1CNCCN1C(=O)O. The number of likely N-dealkylation sites (N-methyl/N-ethyl adjacent to an activating group) is 1. The molecule has 6 heteroatoms. The third-order valence-electron chi connectivity index (χ3n) is 2.57. The average Bonchev–Trinajstić information content (AvgIpc) is 2.28. The minimum absolute atomic E-state index is 0.165. The number of hydrogen-bond acceptors (Lipinski definition) is 4. The van der Waals surface area contributed by atoms with Gasteiger partial charge in [-0.1, -0.05) is 6.08 Å². The summed E-state index contributed by atoms with van der Waals surface area (Å²) in [5.41, 5.74) is 0. The third kappa shape index (κ3) is 4.16. The second kappa shape index (κ2) is 6.36. The van der Waals surface area contributed by atoms with Gasteiger partial charge in [-0.15, -0.1) is 0 Å². The van der Waals surface area contributed by atoms with E-state index in [0.29, 0.717) is 26.2 Å². The summed E-state index contributed by atoms with van der Waals surface area (Å²) in [7, 11) is 3.81. The van der Waals surface area contributed by atoms with Crippen molar-refractivity contribution in [3.63, 3.8) is 0 Å². The molecule has 0 aliphatic carbocycles. The highest BCUT2D eigenvalue weighted by atomic mass is 16.4. The molecule has 1 atom stereocenters. The summed E-state index contributed by atoms with van der Waals surface area (Å²) < 4.78 is 0. The number of carboxylic acid groups (broad SMARTS) is 1. The van der Waals surface area contributed by atoms with E-state index in [2.05, 4.69) is 5.32 Å². The van der Waals surface area contributed by atoms with Crippen LogP contribution in [-0.2, 0) is 4.79 Å². The molecule has 0 spiro atoms. The molecule has 0 aromatic heterocycles. The van der Waals surface area contributed by atoms with E-state index in [1.165, 1.54) is 11.0 Å². The van der Waals surface area contributed by atoms with E-state index in [0.717, 1.165) is 0 Å². The summed E-state index contributed by atoms with van der Waals surface area (Å²) in [6.45, 7) is 2.00. The monoisotopic (exact) mass is 241 g/mol. The van der Waals surface area contributed by atoms with Crippen LogP contribution in [0.15, 0.2) is 12.2 Å². The zero-order chi connectivity index (χ0) is 12.8. The molecule has 1 rings (SSSR count). The van der Waals surface area contributed by atoms with Crippen LogP contribution in [0, 0.1) is 0 Å². The first-order valence-electron chi connectivity index (χ1n) is 5.57. The molecule has 1 heterocycles. The summed E-state index contributed by atoms with van der Waals surface area (Å²) in [6, 6.07) is -0.598. The normalized spacial score (nSPS) is 21.1. The number of nitrogens with zero attached hydrogens (tertiary/aromatic N) is 2. The van der Waals surface area contributed by atoms with Crippen LogP contribution >= 0.6 is 0 Å². The lowest BCUT2D eigenvalue weighted by Gasteiger charge is -2.32. The number of nitrogens with one attached hydrogen (secondary N) is 1. The van der Waals surface area contributed by atoms with Crippen LogP contribution in [0.4, 0.5) is 4.79 Å². The quantitative estimate of drug-likeness (QED) is 0.657. The molecule has 17 heavy (non-hydrogen) atoms. The van der Waals surface area contributed by atoms with Crippen LogP contribution in [0.25, 0.3) is 0 Å². The maximum atomic E-state index is 11.8. The standard InChI is InChI=1S/C11H19N3O3/c1-13(2)6-3-4-10(15)9-8-12-5-7-14(9)11(16)17/h3-4,9,12H,5-8H2,1-2H3,(H,16,17)/b4-3+. The lowest BCUT2D eigenvalue weighted by atomic mass is 10.1. The fourth-order valence-corrected chi connectivity index (χ4v) is 1.68. The zero-order valence-corrected chi connectivity index (χ0v) is 10.2. The predicted molar refractivity (Wildman–Crippen MR) is 64.1 cm³/mol. The topological polar surface area (TPSA) is 72.9 Å². The van der Waals surface area contributed by atoms with E-state index >= 15 is 0 Å². The third-order valence-corrected chi connectivity index (χ3v) is 2.57. The summed E-state index contributed by atoms with van der Waals surface area (Å²) in [5.74, 6) is -0.165. The highest BCUT2D eigenvalue weighted by molar-refractivity contribution is 5.96. The van der Waals surface area contributed by atoms with Crippen LogP contribution in [-0.4, -0.2) is 73.1 Å². The summed E-state index contributed by atoms with van der Waals surface area (Å²) in [4.78, 5) is 25.9. The van der Waals surface area contributed by atoms with Gasteiger partial charge in [0.1, 0.15) is 6.04 Å². The van der Waals surface area contributed by atoms with Crippen molar-refractivity contribution >= 4 is 11.9 Å². The van der Waals surface area contributed by atoms with Crippen molar-refractivity contribution in [1.82, 2.24) is 15.1 Å². The number of piperazine rings is 1. The Balaban J connectivity index is 2.59. The highest BCUT2D eigenvalue weighted by Gasteiger charge is 2.30. The van der Waals surface area contributed by atoms with Crippen LogP contribution < -0.4 is 5.32 Å². The molecule has 0 bridgehead atoms. The molecule has 1 unspecified atom stereocenters. The van der Waals surface area contributed by atoms with E-state index in [1.807, 2.05) is 19.0 Å². The van der Waals surface area contributed by atoms with Gasteiger partial charge in [0.05, 0.1) is 0 Å². The summed E-state index contributed by atoms with van der Waals surface area (Å²) >= 11 is 0. The van der Waals surface area contributed by atoms with Crippen LogP contribution in [0.2, 0.25) is 0 Å². The molecule has 1 aliphatic rings. The Kier molecular flexibility index (Phi) is 5.11. The van der Waals surface area contributed by atoms with Crippen molar-refractivity contribution in [3.05, 3.63) is 12.2 Å². The molecule has 2 N–H and O–H groups in total. The van der Waals surface area contributed by atoms with Crippen molar-refractivity contribution < 1.29 is 14.7 Å². The molecule has 0 saturated carbocycles. The van der Waals surface area contributed by atoms with Crippen LogP contribution in [0.5, 0.6) is 0 Å². The van der Waals surface area contributed by atoms with E-state index in [1.54, 1.807) is 6.08 Å². The van der Waals surface area contributed by atoms with E-state index in [4.69, 9.17) is 5.11 Å². The fraction of sp³-hybridized carbons (Fsp3) is 0.636. The van der Waals surface area contributed by atoms with Gasteiger partial charge >= 0.3 is 6.09 Å². The number of rotatable bonds is 4. The minimum Gasteiger partial charge on any atom is -0.465 e. The molecular formula is C11H19N3O3. The highest BCUT2D eigenvalue weighted by Crippen LogP contribution is 2.05. The van der Waals surface area contributed by atoms with E-state index in [-0.39, 0.29) is 5.78 Å². The summed E-state index contributed by atoms with van der Waals surface area (Å²) in [6.07, 6.45) is 2.18. The van der Waals surface area contributed by atoms with Crippen molar-refractivity contribution in [2.45, 2.75) is 6.04 Å². The molecule has 0 aromatic rings. The molecule has 1 aliphatic heterocycles. The Morgan fingerprint density at radius 2 is 2.24 bits per heavy atom. The Hall–Kier alpha value is -1.40. The van der Waals surface area contributed by atoms with Crippen molar-refractivity contribution in [2.24, 2.45) is 0 Å². The Morgan fingerprint density at radius 3 is 2.82 bits per heavy atom. The minimum atomic E-state index is -1.04. The van der Waals surface area contributed by atoms with E-state index < -0.39 is 12.1 Å². The molecule has 1 fully saturated rings. The maximum absolute atomic E-state index is 11.8. The van der Waals surface area contributed by atoms with Gasteiger partial charge in [0.2, 0.25) is 0 Å². The van der Waals surface area contributed by atoms with Crippen molar-refractivity contribution in [2.75, 3.05) is 40.3 Å². The first-order valence-corrected chi connectivity index (χ1v) is 5.57. The molecule has 0 aromatic carbocycles. The number of carbonyl (C=O) groups excluding carboxylic acids is 1. The van der Waals surface area contributed by atoms with Gasteiger partial charge in [0, 0.05) is 26.2 Å². The second-order valence-corrected chi connectivity index (χ2v) is 4.26. The molecule has 0 radical (unpaired) electrons. The number of amides is 1. The fourth-order valence-electron chi connectivity index (χ4n) is 1.68. The van der Waals surface area contributed by atoms with Gasteiger partial charge in [-0.3, -0.25) is 9.69 Å². The first kappa shape index (κ1) is 13.7. The van der Waals surface area contributed by atoms with Gasteiger partial charge < -0.3 is 15.3 Å². The smallest absolute Gasteiger partial charge is 0.408 e. The van der Waals surface area contributed by atoms with Gasteiger partial charge in [0.25, 0.3) is 0 Å².